The SMILES string of the molecule is COc1cc2c(cc1CNC1CCC(C)NC1c1ccccc1)N(C)C(=O)CC2. The fourth-order valence-electron chi connectivity index (χ4n) is 4.59. The molecule has 29 heavy (non-hydrogen) atoms. The largest absolute Gasteiger partial charge is 0.496 e. The number of nitrogens with zero attached hydrogens (tertiary/aromatic N) is 1. The molecular weight excluding hydrogens is 362 g/mol. The minimum Gasteiger partial charge on any atom is -0.496 e. The van der Waals surface area contributed by atoms with Crippen molar-refractivity contribution in [1.82, 2.24) is 10.6 Å². The molecule has 0 aromatic heterocycles. The molecule has 2 aliphatic heterocycles. The minimum absolute atomic E-state index is 0.177. The van der Waals surface area contributed by atoms with Crippen molar-refractivity contribution in [1.29, 1.82) is 0 Å². The number of rotatable bonds is 5. The number of benzene rings is 2. The van der Waals surface area contributed by atoms with Gasteiger partial charge in [-0.2, -0.15) is 0 Å². The van der Waals surface area contributed by atoms with Gasteiger partial charge in [0, 0.05) is 49.4 Å². The number of hydrogen-bond donors (Lipinski definition) is 2. The van der Waals surface area contributed by atoms with E-state index in [1.165, 1.54) is 11.1 Å². The Morgan fingerprint density at radius 2 is 1.97 bits per heavy atom. The van der Waals surface area contributed by atoms with Gasteiger partial charge in [0.05, 0.1) is 7.11 Å². The molecule has 0 aliphatic carbocycles. The quantitative estimate of drug-likeness (QED) is 0.815. The van der Waals surface area contributed by atoms with E-state index in [0.29, 0.717) is 25.0 Å². The molecule has 2 aromatic rings. The number of aryl methyl sites for hydroxylation is 1. The van der Waals surface area contributed by atoms with Crippen LogP contribution >= 0.6 is 0 Å². The highest BCUT2D eigenvalue weighted by Crippen LogP contribution is 2.34. The molecule has 3 unspecified atom stereocenters. The fraction of sp³-hybridized carbons (Fsp3) is 0.458. The van der Waals surface area contributed by atoms with Crippen molar-refractivity contribution in [2.24, 2.45) is 0 Å². The van der Waals surface area contributed by atoms with Gasteiger partial charge in [-0.25, -0.2) is 0 Å². The maximum atomic E-state index is 12.1. The number of nitrogens with one attached hydrogen (secondary N) is 2. The van der Waals surface area contributed by atoms with E-state index in [4.69, 9.17) is 4.74 Å². The topological polar surface area (TPSA) is 53.6 Å². The third-order valence-electron chi connectivity index (χ3n) is 6.32. The van der Waals surface area contributed by atoms with Crippen molar-refractivity contribution in [3.63, 3.8) is 0 Å². The van der Waals surface area contributed by atoms with Gasteiger partial charge in [-0.05, 0) is 49.4 Å². The van der Waals surface area contributed by atoms with Crippen LogP contribution in [0.5, 0.6) is 5.75 Å². The lowest BCUT2D eigenvalue weighted by atomic mass is 9.89. The first-order chi connectivity index (χ1) is 14.1. The average Bonchev–Trinajstić information content (AvgIpc) is 2.75. The molecule has 5 nitrogen and oxygen atoms in total. The molecule has 2 aliphatic rings. The highest BCUT2D eigenvalue weighted by Gasteiger charge is 2.29. The lowest BCUT2D eigenvalue weighted by Crippen LogP contribution is -2.49. The summed E-state index contributed by atoms with van der Waals surface area (Å²) in [6.45, 7) is 2.97. The van der Waals surface area contributed by atoms with Crippen LogP contribution in [0.3, 0.4) is 0 Å². The molecule has 2 aromatic carbocycles. The molecule has 0 spiro atoms. The zero-order valence-electron chi connectivity index (χ0n) is 17.6. The zero-order valence-corrected chi connectivity index (χ0v) is 17.6. The number of methoxy groups -OCH3 is 1. The summed E-state index contributed by atoms with van der Waals surface area (Å²) in [6, 6.07) is 16.0. The van der Waals surface area contributed by atoms with E-state index in [2.05, 4.69) is 60.0 Å². The van der Waals surface area contributed by atoms with Crippen molar-refractivity contribution in [3.05, 3.63) is 59.2 Å². The van der Waals surface area contributed by atoms with E-state index in [-0.39, 0.29) is 11.9 Å². The fourth-order valence-corrected chi connectivity index (χ4v) is 4.59. The van der Waals surface area contributed by atoms with Crippen LogP contribution in [-0.4, -0.2) is 32.1 Å². The molecule has 3 atom stereocenters. The number of carbonyl (C=O) groups is 1. The number of fused-ring (bicyclic) bond motifs is 1. The van der Waals surface area contributed by atoms with Gasteiger partial charge in [-0.3, -0.25) is 4.79 Å². The monoisotopic (exact) mass is 393 g/mol. The Morgan fingerprint density at radius 3 is 2.72 bits per heavy atom. The third kappa shape index (κ3) is 4.16. The lowest BCUT2D eigenvalue weighted by molar-refractivity contribution is -0.118. The Kier molecular flexibility index (Phi) is 5.88. The standard InChI is InChI=1S/C24H31N3O2/c1-16-9-11-20(24(26-16)17-7-5-4-6-8-17)25-15-19-13-21-18(14-22(19)29-3)10-12-23(28)27(21)2/h4-8,13-14,16,20,24-26H,9-12,15H2,1-3H3. The van der Waals surface area contributed by atoms with Crippen LogP contribution in [0.4, 0.5) is 5.69 Å². The number of ether oxygens (including phenoxy) is 1. The molecule has 2 heterocycles. The summed E-state index contributed by atoms with van der Waals surface area (Å²) in [5.41, 5.74) is 4.61. The van der Waals surface area contributed by atoms with E-state index >= 15 is 0 Å². The van der Waals surface area contributed by atoms with Crippen molar-refractivity contribution < 1.29 is 9.53 Å². The van der Waals surface area contributed by atoms with Gasteiger partial charge < -0.3 is 20.3 Å². The van der Waals surface area contributed by atoms with Gasteiger partial charge in [0.1, 0.15) is 5.75 Å². The molecule has 0 radical (unpaired) electrons. The Balaban J connectivity index is 1.55. The van der Waals surface area contributed by atoms with Crippen LogP contribution in [0.1, 0.15) is 48.9 Å². The molecule has 1 saturated heterocycles. The minimum atomic E-state index is 0.177. The molecule has 154 valence electrons. The summed E-state index contributed by atoms with van der Waals surface area (Å²) < 4.78 is 5.68. The van der Waals surface area contributed by atoms with Gasteiger partial charge in [-0.1, -0.05) is 30.3 Å². The second kappa shape index (κ2) is 8.56. The first-order valence-electron chi connectivity index (χ1n) is 10.6. The predicted octanol–water partition coefficient (Wildman–Crippen LogP) is 3.58. The highest BCUT2D eigenvalue weighted by molar-refractivity contribution is 5.96. The molecular formula is C24H31N3O2. The lowest BCUT2D eigenvalue weighted by Gasteiger charge is -2.37. The molecule has 2 N–H and O–H groups in total. The van der Waals surface area contributed by atoms with E-state index in [1.54, 1.807) is 12.0 Å². The van der Waals surface area contributed by atoms with Crippen LogP contribution in [0.25, 0.3) is 0 Å². The maximum Gasteiger partial charge on any atom is 0.227 e. The molecule has 0 bridgehead atoms. The second-order valence-corrected chi connectivity index (χ2v) is 8.27. The molecule has 4 rings (SSSR count). The Labute approximate surface area is 173 Å². The first-order valence-corrected chi connectivity index (χ1v) is 10.6. The number of hydrogen-bond acceptors (Lipinski definition) is 4. The predicted molar refractivity (Wildman–Crippen MR) is 116 cm³/mol. The van der Waals surface area contributed by atoms with E-state index in [1.807, 2.05) is 7.05 Å². The summed E-state index contributed by atoms with van der Waals surface area (Å²) >= 11 is 0. The normalized spacial score (nSPS) is 24.3. The van der Waals surface area contributed by atoms with Crippen LogP contribution in [0.2, 0.25) is 0 Å². The third-order valence-corrected chi connectivity index (χ3v) is 6.32. The number of amides is 1. The van der Waals surface area contributed by atoms with Gasteiger partial charge >= 0.3 is 0 Å². The Hall–Kier alpha value is -2.37. The first kappa shape index (κ1) is 19.9. The summed E-state index contributed by atoms with van der Waals surface area (Å²) in [6.07, 6.45) is 3.62. The van der Waals surface area contributed by atoms with Crippen LogP contribution < -0.4 is 20.3 Å². The van der Waals surface area contributed by atoms with E-state index in [0.717, 1.165) is 36.3 Å². The van der Waals surface area contributed by atoms with Crippen LogP contribution in [0.15, 0.2) is 42.5 Å². The summed E-state index contributed by atoms with van der Waals surface area (Å²) in [5.74, 6) is 1.07. The Bertz CT molecular complexity index is 868. The van der Waals surface area contributed by atoms with Gasteiger partial charge in [-0.15, -0.1) is 0 Å². The van der Waals surface area contributed by atoms with Crippen LogP contribution in [0, 0.1) is 0 Å². The number of carbonyl (C=O) groups excluding carboxylic acids is 1. The van der Waals surface area contributed by atoms with Crippen molar-refractivity contribution in [3.8, 4) is 5.75 Å². The highest BCUT2D eigenvalue weighted by atomic mass is 16.5. The van der Waals surface area contributed by atoms with E-state index < -0.39 is 0 Å². The second-order valence-electron chi connectivity index (χ2n) is 8.27. The Morgan fingerprint density at radius 1 is 1.17 bits per heavy atom. The van der Waals surface area contributed by atoms with Crippen LogP contribution in [-0.2, 0) is 17.8 Å². The molecule has 1 fully saturated rings. The molecule has 1 amide bonds. The van der Waals surface area contributed by atoms with Gasteiger partial charge in [0.15, 0.2) is 0 Å². The van der Waals surface area contributed by atoms with Gasteiger partial charge in [0.2, 0.25) is 5.91 Å². The molecule has 5 heteroatoms. The average molecular weight is 394 g/mol. The van der Waals surface area contributed by atoms with Crippen molar-refractivity contribution in [2.45, 2.75) is 57.3 Å². The number of anilines is 1. The zero-order chi connectivity index (χ0) is 20.4. The van der Waals surface area contributed by atoms with Crippen molar-refractivity contribution in [2.75, 3.05) is 19.1 Å². The maximum absolute atomic E-state index is 12.1. The van der Waals surface area contributed by atoms with Gasteiger partial charge in [0.25, 0.3) is 0 Å². The van der Waals surface area contributed by atoms with E-state index in [9.17, 15) is 4.79 Å². The summed E-state index contributed by atoms with van der Waals surface area (Å²) in [5, 5.41) is 7.53. The molecule has 0 saturated carbocycles. The number of piperidine rings is 1. The summed E-state index contributed by atoms with van der Waals surface area (Å²) in [4.78, 5) is 13.9. The summed E-state index contributed by atoms with van der Waals surface area (Å²) in [7, 11) is 3.58. The smallest absolute Gasteiger partial charge is 0.227 e. The van der Waals surface area contributed by atoms with Crippen molar-refractivity contribution >= 4 is 11.6 Å².